The molecular formula is C11H22. The van der Waals surface area contributed by atoms with Gasteiger partial charge in [-0.3, -0.25) is 0 Å². The molecule has 0 bridgehead atoms. The quantitative estimate of drug-likeness (QED) is 0.486. The zero-order valence-electron chi connectivity index (χ0n) is 7.94. The molecule has 0 fully saturated rings. The molecule has 0 saturated heterocycles. The predicted molar refractivity (Wildman–Crippen MR) is 52.2 cm³/mol. The monoisotopic (exact) mass is 154 g/mol. The second-order valence-corrected chi connectivity index (χ2v) is 3.36. The molecule has 0 aromatic heterocycles. The number of hydrogen-bond donors (Lipinski definition) is 0. The summed E-state index contributed by atoms with van der Waals surface area (Å²) < 4.78 is 0. The molecule has 0 rings (SSSR count). The van der Waals surface area contributed by atoms with E-state index in [1.165, 1.54) is 38.5 Å². The fraction of sp³-hybridized carbons (Fsp3) is 0.818. The van der Waals surface area contributed by atoms with E-state index in [1.54, 1.807) is 0 Å². The van der Waals surface area contributed by atoms with Crippen LogP contribution in [0.5, 0.6) is 0 Å². The van der Waals surface area contributed by atoms with E-state index in [0.717, 1.165) is 6.42 Å². The summed E-state index contributed by atoms with van der Waals surface area (Å²) in [6.07, 6.45) is 8.95. The summed E-state index contributed by atoms with van der Waals surface area (Å²) in [6.45, 7) is 10.2. The van der Waals surface area contributed by atoms with Gasteiger partial charge in [-0.1, -0.05) is 65.7 Å². The van der Waals surface area contributed by atoms with Crippen LogP contribution in [0.3, 0.4) is 0 Å². The van der Waals surface area contributed by atoms with Crippen molar-refractivity contribution >= 4 is 0 Å². The first kappa shape index (κ1) is 11.0. The van der Waals surface area contributed by atoms with Gasteiger partial charge in [-0.2, -0.15) is 0 Å². The van der Waals surface area contributed by atoms with Crippen LogP contribution in [0.2, 0.25) is 0 Å². The molecular weight excluding hydrogens is 132 g/mol. The lowest BCUT2D eigenvalue weighted by molar-refractivity contribution is 0.489. The predicted octanol–water partition coefficient (Wildman–Crippen LogP) is 4.02. The van der Waals surface area contributed by atoms with Crippen molar-refractivity contribution in [1.29, 1.82) is 0 Å². The van der Waals surface area contributed by atoms with Gasteiger partial charge in [0.1, 0.15) is 0 Å². The normalized spacial score (nSPS) is 13.4. The molecule has 11 heavy (non-hydrogen) atoms. The zero-order valence-corrected chi connectivity index (χ0v) is 7.94. The molecule has 1 unspecified atom stereocenters. The molecule has 0 saturated carbocycles. The van der Waals surface area contributed by atoms with Crippen molar-refractivity contribution < 1.29 is 0 Å². The number of hydrogen-bond acceptors (Lipinski definition) is 0. The second kappa shape index (κ2) is 8.10. The molecule has 0 spiro atoms. The highest BCUT2D eigenvalue weighted by Crippen LogP contribution is 2.14. The van der Waals surface area contributed by atoms with Gasteiger partial charge < -0.3 is 0 Å². The van der Waals surface area contributed by atoms with Crippen LogP contribution in [0.1, 0.15) is 51.9 Å². The van der Waals surface area contributed by atoms with Gasteiger partial charge in [0, 0.05) is 0 Å². The lowest BCUT2D eigenvalue weighted by Gasteiger charge is -2.08. The van der Waals surface area contributed by atoms with Crippen LogP contribution in [-0.4, -0.2) is 0 Å². The fourth-order valence-electron chi connectivity index (χ4n) is 1.25. The van der Waals surface area contributed by atoms with Crippen LogP contribution in [0.25, 0.3) is 0 Å². The van der Waals surface area contributed by atoms with Crippen molar-refractivity contribution in [2.45, 2.75) is 51.9 Å². The molecule has 0 aromatic rings. The molecule has 1 atom stereocenters. The third kappa shape index (κ3) is 7.90. The summed E-state index contributed by atoms with van der Waals surface area (Å²) >= 11 is 0. The maximum Gasteiger partial charge on any atom is -0.0414 e. The Labute approximate surface area is 72.4 Å². The Morgan fingerprint density at radius 1 is 1.09 bits per heavy atom. The van der Waals surface area contributed by atoms with Gasteiger partial charge in [0.2, 0.25) is 0 Å². The van der Waals surface area contributed by atoms with Crippen LogP contribution in [-0.2, 0) is 0 Å². The van der Waals surface area contributed by atoms with E-state index in [9.17, 15) is 0 Å². The highest BCUT2D eigenvalue weighted by molar-refractivity contribution is 4.61. The van der Waals surface area contributed by atoms with Crippen molar-refractivity contribution in [3.05, 3.63) is 13.8 Å². The summed E-state index contributed by atoms with van der Waals surface area (Å²) in [5, 5.41) is 0. The molecule has 0 heteroatoms. The molecule has 0 N–H and O–H groups in total. The maximum atomic E-state index is 4.13. The topological polar surface area (TPSA) is 0 Å². The van der Waals surface area contributed by atoms with Crippen LogP contribution >= 0.6 is 0 Å². The van der Waals surface area contributed by atoms with Gasteiger partial charge in [0.25, 0.3) is 0 Å². The summed E-state index contributed by atoms with van der Waals surface area (Å²) in [5.41, 5.74) is 0. The van der Waals surface area contributed by atoms with Crippen molar-refractivity contribution in [2.24, 2.45) is 5.92 Å². The summed E-state index contributed by atoms with van der Waals surface area (Å²) in [6, 6.07) is 0. The molecule has 66 valence electrons. The third-order valence-electron chi connectivity index (χ3n) is 2.08. The van der Waals surface area contributed by atoms with Gasteiger partial charge >= 0.3 is 0 Å². The molecule has 2 radical (unpaired) electrons. The SMILES string of the molecule is [CH2]CCCCC([CH2])CCCC. The van der Waals surface area contributed by atoms with E-state index < -0.39 is 0 Å². The van der Waals surface area contributed by atoms with Gasteiger partial charge in [-0.05, 0) is 5.92 Å². The van der Waals surface area contributed by atoms with Crippen molar-refractivity contribution in [3.8, 4) is 0 Å². The Balaban J connectivity index is 3.02. The van der Waals surface area contributed by atoms with E-state index >= 15 is 0 Å². The molecule has 0 nitrogen and oxygen atoms in total. The first-order valence-electron chi connectivity index (χ1n) is 4.93. The highest BCUT2D eigenvalue weighted by atomic mass is 14.1. The van der Waals surface area contributed by atoms with Gasteiger partial charge in [0.15, 0.2) is 0 Å². The van der Waals surface area contributed by atoms with E-state index in [1.807, 2.05) is 0 Å². The molecule has 0 aliphatic heterocycles. The lowest BCUT2D eigenvalue weighted by atomic mass is 9.98. The maximum absolute atomic E-state index is 4.13. The zero-order chi connectivity index (χ0) is 8.53. The van der Waals surface area contributed by atoms with E-state index in [0.29, 0.717) is 5.92 Å². The molecule has 0 aliphatic carbocycles. The third-order valence-corrected chi connectivity index (χ3v) is 2.08. The fourth-order valence-corrected chi connectivity index (χ4v) is 1.25. The Morgan fingerprint density at radius 3 is 2.27 bits per heavy atom. The van der Waals surface area contributed by atoms with Crippen molar-refractivity contribution in [2.75, 3.05) is 0 Å². The first-order chi connectivity index (χ1) is 5.31. The number of unbranched alkanes of at least 4 members (excludes halogenated alkanes) is 3. The highest BCUT2D eigenvalue weighted by Gasteiger charge is 1.99. The van der Waals surface area contributed by atoms with E-state index in [-0.39, 0.29) is 0 Å². The van der Waals surface area contributed by atoms with Crippen LogP contribution in [0.4, 0.5) is 0 Å². The average molecular weight is 154 g/mol. The van der Waals surface area contributed by atoms with Gasteiger partial charge in [0.05, 0.1) is 0 Å². The Kier molecular flexibility index (Phi) is 8.10. The van der Waals surface area contributed by atoms with Crippen LogP contribution in [0, 0.1) is 19.8 Å². The molecule has 0 amide bonds. The molecule has 0 aromatic carbocycles. The minimum atomic E-state index is 0.696. The van der Waals surface area contributed by atoms with E-state index in [2.05, 4.69) is 20.8 Å². The minimum absolute atomic E-state index is 0.696. The largest absolute Gasteiger partial charge is 0.0654 e. The van der Waals surface area contributed by atoms with Crippen LogP contribution in [0.15, 0.2) is 0 Å². The smallest absolute Gasteiger partial charge is 0.0414 e. The number of rotatable bonds is 7. The summed E-state index contributed by atoms with van der Waals surface area (Å²) in [5.74, 6) is 0.696. The Hall–Kier alpha value is 0. The standard InChI is InChI=1S/C11H22/c1-4-6-8-10-11(3)9-7-5-2/h11H,1,3-10H2,2H3. The first-order valence-corrected chi connectivity index (χ1v) is 4.93. The van der Waals surface area contributed by atoms with Crippen molar-refractivity contribution in [1.82, 2.24) is 0 Å². The lowest BCUT2D eigenvalue weighted by Crippen LogP contribution is -1.94. The van der Waals surface area contributed by atoms with Crippen molar-refractivity contribution in [3.63, 3.8) is 0 Å². The van der Waals surface area contributed by atoms with E-state index in [4.69, 9.17) is 0 Å². The summed E-state index contributed by atoms with van der Waals surface area (Å²) in [7, 11) is 0. The van der Waals surface area contributed by atoms with Gasteiger partial charge in [-0.15, -0.1) is 0 Å². The summed E-state index contributed by atoms with van der Waals surface area (Å²) in [4.78, 5) is 0. The Morgan fingerprint density at radius 2 is 1.73 bits per heavy atom. The minimum Gasteiger partial charge on any atom is -0.0654 e. The molecule has 0 aliphatic rings. The Bertz CT molecular complexity index is 66.4. The molecule has 0 heterocycles. The van der Waals surface area contributed by atoms with Gasteiger partial charge in [-0.25, -0.2) is 0 Å². The second-order valence-electron chi connectivity index (χ2n) is 3.36. The average Bonchev–Trinajstić information content (AvgIpc) is 2.01. The van der Waals surface area contributed by atoms with Crippen LogP contribution < -0.4 is 0 Å².